The molecule has 1 unspecified atom stereocenters. The van der Waals surface area contributed by atoms with E-state index in [1.54, 1.807) is 18.3 Å². The largest absolute Gasteiger partial charge is 0.490 e. The average Bonchev–Trinajstić information content (AvgIpc) is 2.88. The summed E-state index contributed by atoms with van der Waals surface area (Å²) in [5.41, 5.74) is 8.91. The summed E-state index contributed by atoms with van der Waals surface area (Å²) < 4.78 is 11.4. The van der Waals surface area contributed by atoms with Gasteiger partial charge in [0.05, 0.1) is 18.9 Å². The lowest BCUT2D eigenvalue weighted by Crippen LogP contribution is -2.31. The molecule has 0 bridgehead atoms. The Labute approximate surface area is 210 Å². The minimum atomic E-state index is -0.216. The molecule has 0 fully saturated rings. The van der Waals surface area contributed by atoms with Crippen molar-refractivity contribution in [3.63, 3.8) is 0 Å². The van der Waals surface area contributed by atoms with Gasteiger partial charge in [-0.05, 0) is 48.7 Å². The van der Waals surface area contributed by atoms with Gasteiger partial charge in [-0.2, -0.15) is 5.10 Å². The Bertz CT molecular complexity index is 1140. The maximum Gasteiger partial charge on any atom is 0.258 e. The summed E-state index contributed by atoms with van der Waals surface area (Å²) in [7, 11) is 0. The highest BCUT2D eigenvalue weighted by Crippen LogP contribution is 2.28. The van der Waals surface area contributed by atoms with Gasteiger partial charge in [-0.1, -0.05) is 72.4 Å². The molecule has 3 N–H and O–H groups in total. The summed E-state index contributed by atoms with van der Waals surface area (Å²) in [6.07, 6.45) is 1.59. The first-order valence-electron chi connectivity index (χ1n) is 11.3. The Hall–Kier alpha value is -3.78. The van der Waals surface area contributed by atoms with Gasteiger partial charge in [0.1, 0.15) is 0 Å². The minimum absolute atomic E-state index is 0.115. The number of hydrogen-bond acceptors (Lipinski definition) is 6. The monoisotopic (exact) mass is 490 g/mol. The second kappa shape index (κ2) is 13.8. The van der Waals surface area contributed by atoms with Crippen molar-refractivity contribution in [1.82, 2.24) is 5.32 Å². The number of ether oxygens (including phenoxy) is 2. The van der Waals surface area contributed by atoms with Gasteiger partial charge in [-0.3, -0.25) is 4.79 Å². The van der Waals surface area contributed by atoms with Crippen molar-refractivity contribution in [3.05, 3.63) is 95.6 Å². The molecule has 35 heavy (non-hydrogen) atoms. The summed E-state index contributed by atoms with van der Waals surface area (Å²) in [5.74, 6) is 1.51. The molecular formula is C27H30N4O3S. The van der Waals surface area contributed by atoms with Gasteiger partial charge in [0, 0.05) is 5.75 Å². The van der Waals surface area contributed by atoms with Crippen LogP contribution < -0.4 is 20.5 Å². The zero-order chi connectivity index (χ0) is 24.9. The zero-order valence-corrected chi connectivity index (χ0v) is 20.7. The maximum absolute atomic E-state index is 12.4. The topological polar surface area (TPSA) is 98.3 Å². The smallest absolute Gasteiger partial charge is 0.258 e. The van der Waals surface area contributed by atoms with Crippen molar-refractivity contribution in [2.45, 2.75) is 25.6 Å². The highest BCUT2D eigenvalue weighted by atomic mass is 32.2. The van der Waals surface area contributed by atoms with Gasteiger partial charge in [0.2, 0.25) is 0 Å². The fraction of sp³-hybridized carbons (Fsp3) is 0.222. The maximum atomic E-state index is 12.4. The highest BCUT2D eigenvalue weighted by molar-refractivity contribution is 8.13. The summed E-state index contributed by atoms with van der Waals surface area (Å²) in [5, 5.41) is 11.4. The van der Waals surface area contributed by atoms with Crippen LogP contribution in [0.15, 0.2) is 89.1 Å². The fourth-order valence-corrected chi connectivity index (χ4v) is 3.77. The fourth-order valence-electron chi connectivity index (χ4n) is 3.16. The van der Waals surface area contributed by atoms with Crippen molar-refractivity contribution >= 4 is 29.1 Å². The van der Waals surface area contributed by atoms with E-state index in [9.17, 15) is 4.79 Å². The summed E-state index contributed by atoms with van der Waals surface area (Å²) in [6.45, 7) is 4.15. The van der Waals surface area contributed by atoms with Crippen molar-refractivity contribution in [2.24, 2.45) is 15.9 Å². The van der Waals surface area contributed by atoms with E-state index in [2.05, 4.69) is 15.5 Å². The Morgan fingerprint density at radius 1 is 1.03 bits per heavy atom. The van der Waals surface area contributed by atoms with Crippen molar-refractivity contribution in [3.8, 4) is 11.5 Å². The number of carbonyl (C=O) groups excluding carboxylic acids is 1. The molecule has 0 saturated carbocycles. The second-order valence-electron chi connectivity index (χ2n) is 7.58. The number of rotatable bonds is 11. The van der Waals surface area contributed by atoms with E-state index in [1.807, 2.05) is 80.6 Å². The molecule has 0 heterocycles. The number of amidine groups is 1. The van der Waals surface area contributed by atoms with Gasteiger partial charge in [0.15, 0.2) is 23.3 Å². The van der Waals surface area contributed by atoms with E-state index < -0.39 is 0 Å². The zero-order valence-electron chi connectivity index (χ0n) is 19.9. The van der Waals surface area contributed by atoms with Crippen LogP contribution in [0.5, 0.6) is 11.5 Å². The van der Waals surface area contributed by atoms with Gasteiger partial charge in [0.25, 0.3) is 5.91 Å². The number of hydrogen-bond donors (Lipinski definition) is 2. The molecule has 0 saturated heterocycles. The van der Waals surface area contributed by atoms with Gasteiger partial charge >= 0.3 is 0 Å². The van der Waals surface area contributed by atoms with Gasteiger partial charge in [-0.25, -0.2) is 0 Å². The standard InChI is InChI=1S/C27H30N4O3S/c1-3-33-25-16-22(17-29-31-27(28)35-19-21-10-6-4-7-11-21)14-15-24(25)34-18-26(32)30-20(2)23-12-8-5-9-13-23/h4-17,20H,3,18-19H2,1-2H3,(H2,28,31)(H,30,32). The molecule has 0 spiro atoms. The molecule has 3 aromatic carbocycles. The van der Waals surface area contributed by atoms with E-state index >= 15 is 0 Å². The molecule has 1 atom stereocenters. The molecule has 182 valence electrons. The summed E-state index contributed by atoms with van der Waals surface area (Å²) in [6, 6.07) is 25.0. The average molecular weight is 491 g/mol. The normalized spacial score (nSPS) is 12.3. The quantitative estimate of drug-likeness (QED) is 0.226. The molecule has 1 amide bonds. The number of benzene rings is 3. The predicted octanol–water partition coefficient (Wildman–Crippen LogP) is 4.92. The van der Waals surface area contributed by atoms with E-state index in [4.69, 9.17) is 15.2 Å². The highest BCUT2D eigenvalue weighted by Gasteiger charge is 2.12. The molecule has 0 radical (unpaired) electrons. The SMILES string of the molecule is CCOc1cc(C=NN=C(N)SCc2ccccc2)ccc1OCC(=O)NC(C)c1ccccc1. The van der Waals surface area contributed by atoms with Crippen LogP contribution >= 0.6 is 11.8 Å². The first kappa shape index (κ1) is 25.8. The number of nitrogens with zero attached hydrogens (tertiary/aromatic N) is 2. The number of thioether (sulfide) groups is 1. The number of nitrogens with two attached hydrogens (primary N) is 1. The Morgan fingerprint density at radius 3 is 2.46 bits per heavy atom. The van der Waals surface area contributed by atoms with E-state index in [0.29, 0.717) is 23.3 Å². The van der Waals surface area contributed by atoms with Crippen LogP contribution in [0.25, 0.3) is 0 Å². The van der Waals surface area contributed by atoms with E-state index in [1.165, 1.54) is 17.3 Å². The van der Waals surface area contributed by atoms with Crippen LogP contribution in [0.4, 0.5) is 0 Å². The Balaban J connectivity index is 1.55. The number of nitrogens with one attached hydrogen (secondary N) is 1. The third-order valence-electron chi connectivity index (χ3n) is 4.90. The van der Waals surface area contributed by atoms with E-state index in [0.717, 1.165) is 16.9 Å². The molecule has 0 aliphatic heterocycles. The van der Waals surface area contributed by atoms with Crippen molar-refractivity contribution in [1.29, 1.82) is 0 Å². The van der Waals surface area contributed by atoms with Crippen LogP contribution in [0.2, 0.25) is 0 Å². The van der Waals surface area contributed by atoms with Crippen molar-refractivity contribution < 1.29 is 14.3 Å². The molecule has 0 aliphatic rings. The van der Waals surface area contributed by atoms with Gasteiger partial charge in [-0.15, -0.1) is 5.10 Å². The molecule has 7 nitrogen and oxygen atoms in total. The van der Waals surface area contributed by atoms with Crippen LogP contribution in [0, 0.1) is 0 Å². The molecule has 8 heteroatoms. The lowest BCUT2D eigenvalue weighted by molar-refractivity contribution is -0.123. The van der Waals surface area contributed by atoms with Crippen LogP contribution in [-0.2, 0) is 10.5 Å². The Kier molecular flexibility index (Phi) is 10.2. The van der Waals surface area contributed by atoms with Crippen LogP contribution in [0.1, 0.15) is 36.6 Å². The molecule has 0 aromatic heterocycles. The molecule has 0 aliphatic carbocycles. The lowest BCUT2D eigenvalue weighted by Gasteiger charge is -2.16. The van der Waals surface area contributed by atoms with Crippen LogP contribution in [-0.4, -0.2) is 30.5 Å². The summed E-state index contributed by atoms with van der Waals surface area (Å²) in [4.78, 5) is 12.4. The number of carbonyl (C=O) groups is 1. The number of amides is 1. The van der Waals surface area contributed by atoms with E-state index in [-0.39, 0.29) is 18.6 Å². The van der Waals surface area contributed by atoms with Crippen molar-refractivity contribution in [2.75, 3.05) is 13.2 Å². The Morgan fingerprint density at radius 2 is 1.74 bits per heavy atom. The van der Waals surface area contributed by atoms with Gasteiger partial charge < -0.3 is 20.5 Å². The minimum Gasteiger partial charge on any atom is -0.490 e. The van der Waals surface area contributed by atoms with Crippen LogP contribution in [0.3, 0.4) is 0 Å². The predicted molar refractivity (Wildman–Crippen MR) is 143 cm³/mol. The summed E-state index contributed by atoms with van der Waals surface area (Å²) >= 11 is 1.42. The first-order chi connectivity index (χ1) is 17.0. The molecule has 3 aromatic rings. The lowest BCUT2D eigenvalue weighted by atomic mass is 10.1. The second-order valence-corrected chi connectivity index (χ2v) is 8.58. The first-order valence-corrected chi connectivity index (χ1v) is 12.3. The third-order valence-corrected chi connectivity index (χ3v) is 5.75. The molecular weight excluding hydrogens is 460 g/mol. The molecule has 3 rings (SSSR count). The third kappa shape index (κ3) is 8.83.